The molecule has 7 nitrogen and oxygen atoms in total. The molecule has 0 atom stereocenters. The van der Waals surface area contributed by atoms with E-state index in [-0.39, 0.29) is 17.6 Å². The van der Waals surface area contributed by atoms with Crippen molar-refractivity contribution in [1.82, 2.24) is 20.1 Å². The van der Waals surface area contributed by atoms with E-state index in [9.17, 15) is 9.59 Å². The summed E-state index contributed by atoms with van der Waals surface area (Å²) in [6, 6.07) is 13.5. The molecule has 0 unspecified atom stereocenters. The number of nitrogens with one attached hydrogen (secondary N) is 1. The molecule has 1 N–H and O–H groups in total. The molecule has 156 valence electrons. The molecule has 1 fully saturated rings. The van der Waals surface area contributed by atoms with E-state index in [0.717, 1.165) is 35.9 Å². The van der Waals surface area contributed by atoms with Crippen molar-refractivity contribution in [2.24, 2.45) is 0 Å². The minimum absolute atomic E-state index is 0.0643. The molecule has 8 heteroatoms. The number of amides is 2. The maximum Gasteiger partial charge on any atom is 0.286 e. The van der Waals surface area contributed by atoms with Crippen LogP contribution in [-0.2, 0) is 11.3 Å². The molecule has 0 bridgehead atoms. The van der Waals surface area contributed by atoms with Crippen molar-refractivity contribution in [3.63, 3.8) is 0 Å². The van der Waals surface area contributed by atoms with E-state index in [0.29, 0.717) is 26.1 Å². The Morgan fingerprint density at radius 1 is 1.07 bits per heavy atom. The highest BCUT2D eigenvalue weighted by atomic mass is 32.1. The lowest BCUT2D eigenvalue weighted by atomic mass is 10.2. The van der Waals surface area contributed by atoms with Crippen molar-refractivity contribution < 1.29 is 14.0 Å². The number of nitrogens with zero attached hydrogens (tertiary/aromatic N) is 3. The maximum atomic E-state index is 12.4. The molecular formula is C22H24N4O3S. The molecule has 1 saturated heterocycles. The molecule has 3 aromatic rings. The number of hydrogen-bond acceptors (Lipinski definition) is 6. The lowest BCUT2D eigenvalue weighted by Gasteiger charge is -2.34. The molecule has 0 saturated carbocycles. The summed E-state index contributed by atoms with van der Waals surface area (Å²) in [7, 11) is 0. The monoisotopic (exact) mass is 424 g/mol. The molecule has 0 aliphatic carbocycles. The quantitative estimate of drug-likeness (QED) is 0.631. The Morgan fingerprint density at radius 2 is 1.87 bits per heavy atom. The summed E-state index contributed by atoms with van der Waals surface area (Å²) in [5, 5.41) is 5.87. The topological polar surface area (TPSA) is 78.7 Å². The molecule has 2 aromatic heterocycles. The van der Waals surface area contributed by atoms with Crippen molar-refractivity contribution in [3.05, 3.63) is 65.6 Å². The van der Waals surface area contributed by atoms with Gasteiger partial charge in [-0.1, -0.05) is 30.3 Å². The maximum absolute atomic E-state index is 12.4. The van der Waals surface area contributed by atoms with Crippen molar-refractivity contribution in [2.45, 2.75) is 13.0 Å². The molecule has 1 aliphatic heterocycles. The Hall–Kier alpha value is -2.97. The van der Waals surface area contributed by atoms with Gasteiger partial charge in [0.05, 0.1) is 12.0 Å². The molecule has 1 aliphatic rings. The number of rotatable bonds is 7. The number of piperazine rings is 1. The van der Waals surface area contributed by atoms with E-state index in [4.69, 9.17) is 9.40 Å². The van der Waals surface area contributed by atoms with E-state index < -0.39 is 0 Å². The zero-order valence-electron chi connectivity index (χ0n) is 16.6. The summed E-state index contributed by atoms with van der Waals surface area (Å²) in [5.41, 5.74) is 2.21. The zero-order chi connectivity index (χ0) is 20.8. The average Bonchev–Trinajstić information content (AvgIpc) is 3.47. The third-order valence-corrected chi connectivity index (χ3v) is 5.99. The predicted octanol–water partition coefficient (Wildman–Crippen LogP) is 2.87. The SMILES string of the molecule is O=C(NCCC(=O)N1CCN(Cc2csc(-c3ccccc3)n2)CC1)c1ccco1. The number of aromatic nitrogens is 1. The van der Waals surface area contributed by atoms with Crippen LogP contribution < -0.4 is 5.32 Å². The van der Waals surface area contributed by atoms with Gasteiger partial charge in [-0.15, -0.1) is 11.3 Å². The lowest BCUT2D eigenvalue weighted by Crippen LogP contribution is -2.48. The van der Waals surface area contributed by atoms with Gasteiger partial charge >= 0.3 is 0 Å². The predicted molar refractivity (Wildman–Crippen MR) is 115 cm³/mol. The number of benzene rings is 1. The zero-order valence-corrected chi connectivity index (χ0v) is 17.4. The Kier molecular flexibility index (Phi) is 6.56. The van der Waals surface area contributed by atoms with Crippen LogP contribution in [0.15, 0.2) is 58.5 Å². The molecule has 2 amide bonds. The summed E-state index contributed by atoms with van der Waals surface area (Å²) in [4.78, 5) is 33.2. The molecule has 3 heterocycles. The number of hydrogen-bond donors (Lipinski definition) is 1. The first-order chi connectivity index (χ1) is 14.7. The van der Waals surface area contributed by atoms with Crippen LogP contribution in [0.5, 0.6) is 0 Å². The van der Waals surface area contributed by atoms with Crippen LogP contribution in [0, 0.1) is 0 Å². The summed E-state index contributed by atoms with van der Waals surface area (Å²) < 4.78 is 5.04. The summed E-state index contributed by atoms with van der Waals surface area (Å²) >= 11 is 1.66. The fourth-order valence-corrected chi connectivity index (χ4v) is 4.23. The normalized spacial score (nSPS) is 14.6. The van der Waals surface area contributed by atoms with Crippen LogP contribution in [0.25, 0.3) is 10.6 Å². The van der Waals surface area contributed by atoms with Gasteiger partial charge in [-0.2, -0.15) is 0 Å². The average molecular weight is 425 g/mol. The van der Waals surface area contributed by atoms with E-state index in [1.807, 2.05) is 23.1 Å². The minimum atomic E-state index is -0.296. The molecule has 0 radical (unpaired) electrons. The van der Waals surface area contributed by atoms with Gasteiger partial charge < -0.3 is 14.6 Å². The van der Waals surface area contributed by atoms with Gasteiger partial charge in [-0.3, -0.25) is 14.5 Å². The second-order valence-corrected chi connectivity index (χ2v) is 8.01. The minimum Gasteiger partial charge on any atom is -0.459 e. The third kappa shape index (κ3) is 5.14. The Morgan fingerprint density at radius 3 is 2.60 bits per heavy atom. The van der Waals surface area contributed by atoms with Gasteiger partial charge in [0.1, 0.15) is 5.01 Å². The highest BCUT2D eigenvalue weighted by Crippen LogP contribution is 2.24. The first-order valence-electron chi connectivity index (χ1n) is 10.0. The van der Waals surface area contributed by atoms with E-state index in [1.54, 1.807) is 23.5 Å². The van der Waals surface area contributed by atoms with Crippen LogP contribution in [0.1, 0.15) is 22.7 Å². The van der Waals surface area contributed by atoms with Gasteiger partial charge in [0.25, 0.3) is 5.91 Å². The summed E-state index contributed by atoms with van der Waals surface area (Å²) in [6.45, 7) is 4.14. The second-order valence-electron chi connectivity index (χ2n) is 7.15. The Labute approximate surface area is 179 Å². The van der Waals surface area contributed by atoms with E-state index in [2.05, 4.69) is 27.7 Å². The van der Waals surface area contributed by atoms with Crippen LogP contribution >= 0.6 is 11.3 Å². The number of thiazole rings is 1. The van der Waals surface area contributed by atoms with Crippen LogP contribution in [0.4, 0.5) is 0 Å². The smallest absolute Gasteiger partial charge is 0.286 e. The van der Waals surface area contributed by atoms with E-state index >= 15 is 0 Å². The molecule has 4 rings (SSSR count). The third-order valence-electron chi connectivity index (χ3n) is 5.05. The highest BCUT2D eigenvalue weighted by molar-refractivity contribution is 7.13. The molecule has 1 aromatic carbocycles. The van der Waals surface area contributed by atoms with Gasteiger partial charge in [-0.25, -0.2) is 4.98 Å². The van der Waals surface area contributed by atoms with Crippen molar-refractivity contribution in [1.29, 1.82) is 0 Å². The van der Waals surface area contributed by atoms with Gasteiger partial charge in [0.2, 0.25) is 5.91 Å². The fourth-order valence-electron chi connectivity index (χ4n) is 3.41. The number of carbonyl (C=O) groups is 2. The van der Waals surface area contributed by atoms with Gasteiger partial charge in [0, 0.05) is 56.6 Å². The summed E-state index contributed by atoms with van der Waals surface area (Å²) in [6.07, 6.45) is 1.74. The first-order valence-corrected chi connectivity index (χ1v) is 10.9. The second kappa shape index (κ2) is 9.69. The summed E-state index contributed by atoms with van der Waals surface area (Å²) in [5.74, 6) is 0.0266. The molecule has 0 spiro atoms. The molecule has 30 heavy (non-hydrogen) atoms. The Balaban J connectivity index is 1.19. The van der Waals surface area contributed by atoms with Crippen LogP contribution in [0.3, 0.4) is 0 Å². The van der Waals surface area contributed by atoms with Crippen LogP contribution in [0.2, 0.25) is 0 Å². The largest absolute Gasteiger partial charge is 0.459 e. The van der Waals surface area contributed by atoms with Gasteiger partial charge in [0.15, 0.2) is 5.76 Å². The number of furan rings is 1. The van der Waals surface area contributed by atoms with Gasteiger partial charge in [-0.05, 0) is 12.1 Å². The van der Waals surface area contributed by atoms with Crippen molar-refractivity contribution in [3.8, 4) is 10.6 Å². The first kappa shape index (κ1) is 20.3. The standard InChI is InChI=1S/C22H24N4O3S/c27-20(8-9-23-21(28)19-7-4-14-29-19)26-12-10-25(11-13-26)15-18-16-30-22(24-18)17-5-2-1-3-6-17/h1-7,14,16H,8-13,15H2,(H,23,28). The highest BCUT2D eigenvalue weighted by Gasteiger charge is 2.21. The van der Waals surface area contributed by atoms with E-state index in [1.165, 1.54) is 6.26 Å². The molecular weight excluding hydrogens is 400 g/mol. The number of carbonyl (C=O) groups excluding carboxylic acids is 2. The fraction of sp³-hybridized carbons (Fsp3) is 0.318. The van der Waals surface area contributed by atoms with Crippen LogP contribution in [-0.4, -0.2) is 59.3 Å². The Bertz CT molecular complexity index is 963. The van der Waals surface area contributed by atoms with Crippen molar-refractivity contribution >= 4 is 23.2 Å². The lowest BCUT2D eigenvalue weighted by molar-refractivity contribution is -0.132. The van der Waals surface area contributed by atoms with Crippen molar-refractivity contribution in [2.75, 3.05) is 32.7 Å².